The molecule has 0 aliphatic heterocycles. The molecule has 3 nitrogen and oxygen atoms in total. The first-order chi connectivity index (χ1) is 9.97. The molecular weight excluding hydrogens is 283 g/mol. The SMILES string of the molecule is Cc1ccc(F)cc1NC(=O)c1ccccc1OC(F)F. The zero-order chi connectivity index (χ0) is 15.4. The molecule has 110 valence electrons. The van der Waals surface area contributed by atoms with Crippen molar-refractivity contribution in [1.29, 1.82) is 0 Å². The van der Waals surface area contributed by atoms with Crippen LogP contribution < -0.4 is 10.1 Å². The summed E-state index contributed by atoms with van der Waals surface area (Å²) in [7, 11) is 0. The quantitative estimate of drug-likeness (QED) is 0.926. The first-order valence-corrected chi connectivity index (χ1v) is 6.08. The number of benzene rings is 2. The minimum Gasteiger partial charge on any atom is -0.434 e. The highest BCUT2D eigenvalue weighted by Gasteiger charge is 2.16. The van der Waals surface area contributed by atoms with Gasteiger partial charge < -0.3 is 10.1 Å². The Morgan fingerprint density at radius 2 is 1.90 bits per heavy atom. The van der Waals surface area contributed by atoms with Gasteiger partial charge in [0.1, 0.15) is 11.6 Å². The lowest BCUT2D eigenvalue weighted by atomic mass is 10.1. The van der Waals surface area contributed by atoms with Gasteiger partial charge in [0.2, 0.25) is 0 Å². The van der Waals surface area contributed by atoms with Crippen molar-refractivity contribution in [3.8, 4) is 5.75 Å². The summed E-state index contributed by atoms with van der Waals surface area (Å²) in [5, 5.41) is 2.48. The number of hydrogen-bond donors (Lipinski definition) is 1. The third kappa shape index (κ3) is 3.75. The number of hydrogen-bond acceptors (Lipinski definition) is 2. The summed E-state index contributed by atoms with van der Waals surface area (Å²) in [6.07, 6.45) is 0. The summed E-state index contributed by atoms with van der Waals surface area (Å²) < 4.78 is 42.1. The van der Waals surface area contributed by atoms with E-state index in [4.69, 9.17) is 0 Å². The lowest BCUT2D eigenvalue weighted by molar-refractivity contribution is -0.0501. The van der Waals surface area contributed by atoms with Crippen LogP contribution in [0.3, 0.4) is 0 Å². The standard InChI is InChI=1S/C15H12F3NO2/c1-9-6-7-10(16)8-12(9)19-14(20)11-4-2-3-5-13(11)21-15(17)18/h2-8,15H,1H3,(H,19,20). The molecule has 0 heterocycles. The Kier molecular flexibility index (Phi) is 4.47. The summed E-state index contributed by atoms with van der Waals surface area (Å²) in [5.74, 6) is -1.40. The maximum atomic E-state index is 13.2. The van der Waals surface area contributed by atoms with Gasteiger partial charge >= 0.3 is 6.61 Å². The van der Waals surface area contributed by atoms with Crippen molar-refractivity contribution in [2.75, 3.05) is 5.32 Å². The molecule has 21 heavy (non-hydrogen) atoms. The van der Waals surface area contributed by atoms with E-state index in [1.54, 1.807) is 6.92 Å². The van der Waals surface area contributed by atoms with E-state index >= 15 is 0 Å². The second kappa shape index (κ2) is 6.30. The Bertz CT molecular complexity index is 659. The number of para-hydroxylation sites is 1. The average Bonchev–Trinajstić information content (AvgIpc) is 2.42. The number of nitrogens with one attached hydrogen (secondary N) is 1. The minimum absolute atomic E-state index is 0.0542. The van der Waals surface area contributed by atoms with Crippen LogP contribution in [-0.4, -0.2) is 12.5 Å². The van der Waals surface area contributed by atoms with Crippen LogP contribution in [0.1, 0.15) is 15.9 Å². The lowest BCUT2D eigenvalue weighted by Crippen LogP contribution is -2.15. The van der Waals surface area contributed by atoms with E-state index in [0.717, 1.165) is 6.07 Å². The van der Waals surface area contributed by atoms with Crippen molar-refractivity contribution >= 4 is 11.6 Å². The van der Waals surface area contributed by atoms with Gasteiger partial charge in [-0.25, -0.2) is 4.39 Å². The van der Waals surface area contributed by atoms with Crippen LogP contribution in [0.4, 0.5) is 18.9 Å². The third-order valence-electron chi connectivity index (χ3n) is 2.80. The number of alkyl halides is 2. The normalized spacial score (nSPS) is 10.5. The summed E-state index contributed by atoms with van der Waals surface area (Å²) in [4.78, 5) is 12.1. The number of ether oxygens (including phenoxy) is 1. The molecule has 2 aromatic rings. The molecule has 0 aliphatic rings. The summed E-state index contributed by atoms with van der Waals surface area (Å²) >= 11 is 0. The molecule has 0 aliphatic carbocycles. The first kappa shape index (κ1) is 14.9. The maximum Gasteiger partial charge on any atom is 0.387 e. The fraction of sp³-hybridized carbons (Fsp3) is 0.133. The number of halogens is 3. The van der Waals surface area contributed by atoms with Crippen LogP contribution >= 0.6 is 0 Å². The highest BCUT2D eigenvalue weighted by molar-refractivity contribution is 6.06. The molecule has 0 bridgehead atoms. The summed E-state index contributed by atoms with van der Waals surface area (Å²) in [6, 6.07) is 9.53. The van der Waals surface area contributed by atoms with Gasteiger partial charge in [-0.3, -0.25) is 4.79 Å². The highest BCUT2D eigenvalue weighted by Crippen LogP contribution is 2.23. The van der Waals surface area contributed by atoms with Crippen LogP contribution in [0, 0.1) is 12.7 Å². The fourth-order valence-electron chi connectivity index (χ4n) is 1.77. The van der Waals surface area contributed by atoms with Gasteiger partial charge in [0, 0.05) is 5.69 Å². The van der Waals surface area contributed by atoms with Crippen LogP contribution in [0.25, 0.3) is 0 Å². The Morgan fingerprint density at radius 1 is 1.19 bits per heavy atom. The predicted octanol–water partition coefficient (Wildman–Crippen LogP) is 3.99. The average molecular weight is 295 g/mol. The van der Waals surface area contributed by atoms with Crippen molar-refractivity contribution in [2.24, 2.45) is 0 Å². The smallest absolute Gasteiger partial charge is 0.387 e. The van der Waals surface area contributed by atoms with E-state index in [1.807, 2.05) is 0 Å². The largest absolute Gasteiger partial charge is 0.434 e. The van der Waals surface area contributed by atoms with E-state index < -0.39 is 18.3 Å². The van der Waals surface area contributed by atoms with Crippen molar-refractivity contribution in [3.63, 3.8) is 0 Å². The number of anilines is 1. The van der Waals surface area contributed by atoms with Crippen molar-refractivity contribution in [1.82, 2.24) is 0 Å². The highest BCUT2D eigenvalue weighted by atomic mass is 19.3. The molecule has 0 saturated carbocycles. The number of carbonyl (C=O) groups excluding carboxylic acids is 1. The van der Waals surface area contributed by atoms with Crippen molar-refractivity contribution in [3.05, 3.63) is 59.4 Å². The monoisotopic (exact) mass is 295 g/mol. The molecule has 6 heteroatoms. The zero-order valence-corrected chi connectivity index (χ0v) is 11.1. The van der Waals surface area contributed by atoms with Crippen LogP contribution in [0.2, 0.25) is 0 Å². The van der Waals surface area contributed by atoms with Crippen LogP contribution in [-0.2, 0) is 0 Å². The molecule has 1 N–H and O–H groups in total. The molecule has 0 radical (unpaired) electrons. The second-order valence-corrected chi connectivity index (χ2v) is 4.29. The Balaban J connectivity index is 2.26. The van der Waals surface area contributed by atoms with Gasteiger partial charge in [0.05, 0.1) is 5.56 Å². The molecule has 0 atom stereocenters. The molecule has 1 amide bonds. The molecule has 0 spiro atoms. The van der Waals surface area contributed by atoms with Crippen LogP contribution in [0.15, 0.2) is 42.5 Å². The molecule has 0 aromatic heterocycles. The molecule has 2 aromatic carbocycles. The third-order valence-corrected chi connectivity index (χ3v) is 2.80. The Hall–Kier alpha value is -2.50. The van der Waals surface area contributed by atoms with E-state index in [0.29, 0.717) is 5.56 Å². The van der Waals surface area contributed by atoms with E-state index in [1.165, 1.54) is 36.4 Å². The molecular formula is C15H12F3NO2. The Morgan fingerprint density at radius 3 is 2.62 bits per heavy atom. The van der Waals surface area contributed by atoms with Gasteiger partial charge in [-0.15, -0.1) is 0 Å². The van der Waals surface area contributed by atoms with E-state index in [-0.39, 0.29) is 17.0 Å². The number of aryl methyl sites for hydroxylation is 1. The fourth-order valence-corrected chi connectivity index (χ4v) is 1.77. The first-order valence-electron chi connectivity index (χ1n) is 6.08. The maximum absolute atomic E-state index is 13.2. The van der Waals surface area contributed by atoms with Crippen LogP contribution in [0.5, 0.6) is 5.75 Å². The number of carbonyl (C=O) groups is 1. The van der Waals surface area contributed by atoms with Crippen molar-refractivity contribution in [2.45, 2.75) is 13.5 Å². The molecule has 2 rings (SSSR count). The molecule has 0 fully saturated rings. The van der Waals surface area contributed by atoms with Gasteiger partial charge in [-0.1, -0.05) is 18.2 Å². The summed E-state index contributed by atoms with van der Waals surface area (Å²) in [6.45, 7) is -1.34. The van der Waals surface area contributed by atoms with Gasteiger partial charge in [-0.05, 0) is 36.8 Å². The van der Waals surface area contributed by atoms with Crippen molar-refractivity contribution < 1.29 is 22.7 Å². The minimum atomic E-state index is -3.03. The molecule has 0 saturated heterocycles. The van der Waals surface area contributed by atoms with E-state index in [2.05, 4.69) is 10.1 Å². The number of rotatable bonds is 4. The van der Waals surface area contributed by atoms with Gasteiger partial charge in [0.25, 0.3) is 5.91 Å². The van der Waals surface area contributed by atoms with E-state index in [9.17, 15) is 18.0 Å². The predicted molar refractivity (Wildman–Crippen MR) is 72.2 cm³/mol. The molecule has 0 unspecified atom stereocenters. The Labute approximate surface area is 119 Å². The zero-order valence-electron chi connectivity index (χ0n) is 11.1. The van der Waals surface area contributed by atoms with Gasteiger partial charge in [-0.2, -0.15) is 8.78 Å². The number of amides is 1. The topological polar surface area (TPSA) is 38.3 Å². The summed E-state index contributed by atoms with van der Waals surface area (Å²) in [5.41, 5.74) is 0.866. The second-order valence-electron chi connectivity index (χ2n) is 4.29. The van der Waals surface area contributed by atoms with Gasteiger partial charge in [0.15, 0.2) is 0 Å². The lowest BCUT2D eigenvalue weighted by Gasteiger charge is -2.12.